The minimum atomic E-state index is -1.05. The quantitative estimate of drug-likeness (QED) is 0.612. The van der Waals surface area contributed by atoms with Crippen LogP contribution in [0.25, 0.3) is 11.1 Å². The number of hydrogen-bond acceptors (Lipinski definition) is 5. The van der Waals surface area contributed by atoms with Crippen LogP contribution in [0.5, 0.6) is 0 Å². The molecule has 1 amide bonds. The molecule has 2 N–H and O–H groups in total. The largest absolute Gasteiger partial charge is 0.478 e. The van der Waals surface area contributed by atoms with E-state index in [2.05, 4.69) is 29.6 Å². The number of carbonyl (C=O) groups is 2. The third-order valence-electron chi connectivity index (χ3n) is 6.30. The predicted octanol–water partition coefficient (Wildman–Crippen LogP) is 4.01. The fourth-order valence-electron chi connectivity index (χ4n) is 4.52. The number of carboxylic acids is 1. The highest BCUT2D eigenvalue weighted by atomic mass is 16.6. The van der Waals surface area contributed by atoms with Gasteiger partial charge in [-0.25, -0.2) is 9.59 Å². The lowest BCUT2D eigenvalue weighted by atomic mass is 9.98. The molecule has 164 valence electrons. The van der Waals surface area contributed by atoms with Crippen molar-refractivity contribution in [3.8, 4) is 11.1 Å². The van der Waals surface area contributed by atoms with E-state index < -0.39 is 12.1 Å². The number of fused-ring (bicyclic) bond motifs is 3. The van der Waals surface area contributed by atoms with Crippen molar-refractivity contribution in [2.24, 2.45) is 0 Å². The molecule has 1 aromatic heterocycles. The number of amides is 1. The van der Waals surface area contributed by atoms with E-state index in [0.717, 1.165) is 11.1 Å². The zero-order valence-corrected chi connectivity index (χ0v) is 17.7. The summed E-state index contributed by atoms with van der Waals surface area (Å²) in [5.74, 6) is -0.306. The Hall–Kier alpha value is -3.58. The van der Waals surface area contributed by atoms with Gasteiger partial charge >= 0.3 is 12.1 Å². The summed E-state index contributed by atoms with van der Waals surface area (Å²) in [5, 5.41) is 12.4. The Morgan fingerprint density at radius 2 is 1.72 bits per heavy atom. The van der Waals surface area contributed by atoms with E-state index in [-0.39, 0.29) is 30.7 Å². The number of aryl methyl sites for hydroxylation is 1. The molecule has 7 heteroatoms. The van der Waals surface area contributed by atoms with Gasteiger partial charge in [0.15, 0.2) is 0 Å². The number of carboxylic acid groups (broad SMARTS) is 1. The van der Waals surface area contributed by atoms with Gasteiger partial charge in [-0.05, 0) is 35.2 Å². The Morgan fingerprint density at radius 3 is 2.25 bits per heavy atom. The molecule has 2 aromatic carbocycles. The molecule has 0 unspecified atom stereocenters. The Morgan fingerprint density at radius 1 is 1.09 bits per heavy atom. The van der Waals surface area contributed by atoms with E-state index in [9.17, 15) is 14.7 Å². The lowest BCUT2D eigenvalue weighted by molar-refractivity contribution is 0.0644. The van der Waals surface area contributed by atoms with Crippen LogP contribution in [0.15, 0.2) is 59.0 Å². The van der Waals surface area contributed by atoms with Gasteiger partial charge in [0, 0.05) is 19.0 Å². The summed E-state index contributed by atoms with van der Waals surface area (Å²) < 4.78 is 11.4. The van der Waals surface area contributed by atoms with Crippen molar-refractivity contribution in [1.82, 2.24) is 10.2 Å². The highest BCUT2D eigenvalue weighted by molar-refractivity contribution is 5.88. The van der Waals surface area contributed by atoms with Gasteiger partial charge in [0.05, 0.1) is 12.6 Å². The maximum absolute atomic E-state index is 13.1. The number of nitrogens with zero attached hydrogens (tertiary/aromatic N) is 1. The molecule has 1 aliphatic carbocycles. The molecular weight excluding hydrogens is 408 g/mol. The summed E-state index contributed by atoms with van der Waals surface area (Å²) in [4.78, 5) is 26.1. The van der Waals surface area contributed by atoms with Crippen LogP contribution in [-0.2, 0) is 11.3 Å². The molecule has 0 atom stereocenters. The minimum Gasteiger partial charge on any atom is -0.478 e. The molecule has 5 rings (SSSR count). The van der Waals surface area contributed by atoms with Crippen molar-refractivity contribution in [3.63, 3.8) is 0 Å². The standard InChI is InChI=1S/C25H24N2O5/c1-15-22(24(28)29)10-17(32-15)13-27(16-11-26-12-16)25(30)31-14-23-20-8-4-2-6-18(20)19-7-3-5-9-21(19)23/h2-10,16,23,26H,11-14H2,1H3,(H,28,29). The third-order valence-corrected chi connectivity index (χ3v) is 6.30. The van der Waals surface area contributed by atoms with E-state index in [1.807, 2.05) is 24.3 Å². The van der Waals surface area contributed by atoms with Gasteiger partial charge in [-0.2, -0.15) is 0 Å². The van der Waals surface area contributed by atoms with Crippen LogP contribution in [0.4, 0.5) is 4.79 Å². The summed E-state index contributed by atoms with van der Waals surface area (Å²) in [6, 6.07) is 17.9. The molecule has 0 bridgehead atoms. The predicted molar refractivity (Wildman–Crippen MR) is 118 cm³/mol. The third kappa shape index (κ3) is 3.54. The summed E-state index contributed by atoms with van der Waals surface area (Å²) >= 11 is 0. The van der Waals surface area contributed by atoms with Gasteiger partial charge in [0.2, 0.25) is 0 Å². The minimum absolute atomic E-state index is 0.0165. The number of carbonyl (C=O) groups excluding carboxylic acids is 1. The van der Waals surface area contributed by atoms with Crippen molar-refractivity contribution in [2.45, 2.75) is 25.4 Å². The lowest BCUT2D eigenvalue weighted by Crippen LogP contribution is -2.58. The number of benzene rings is 2. The summed E-state index contributed by atoms with van der Waals surface area (Å²) in [7, 11) is 0. The second-order valence-corrected chi connectivity index (χ2v) is 8.23. The Bertz CT molecular complexity index is 1140. The van der Waals surface area contributed by atoms with Gasteiger partial charge in [-0.1, -0.05) is 48.5 Å². The molecule has 2 aliphatic rings. The van der Waals surface area contributed by atoms with Crippen LogP contribution in [0.2, 0.25) is 0 Å². The van der Waals surface area contributed by atoms with Crippen molar-refractivity contribution in [2.75, 3.05) is 19.7 Å². The first-order valence-electron chi connectivity index (χ1n) is 10.7. The molecule has 0 radical (unpaired) electrons. The maximum atomic E-state index is 13.1. The first-order valence-corrected chi connectivity index (χ1v) is 10.7. The number of furan rings is 1. The van der Waals surface area contributed by atoms with E-state index >= 15 is 0 Å². The van der Waals surface area contributed by atoms with Gasteiger partial charge < -0.3 is 19.6 Å². The Kier molecular flexibility index (Phi) is 5.19. The molecule has 32 heavy (non-hydrogen) atoms. The molecule has 1 saturated heterocycles. The number of aromatic carboxylic acids is 1. The van der Waals surface area contributed by atoms with Crippen LogP contribution >= 0.6 is 0 Å². The lowest BCUT2D eigenvalue weighted by Gasteiger charge is -2.37. The number of rotatable bonds is 6. The average Bonchev–Trinajstić information content (AvgIpc) is 3.28. The van der Waals surface area contributed by atoms with Gasteiger partial charge in [0.1, 0.15) is 23.7 Å². The van der Waals surface area contributed by atoms with Gasteiger partial charge in [-0.15, -0.1) is 0 Å². The van der Waals surface area contributed by atoms with Crippen LogP contribution in [0.3, 0.4) is 0 Å². The molecule has 3 aromatic rings. The van der Waals surface area contributed by atoms with Crippen LogP contribution in [-0.4, -0.2) is 47.8 Å². The first kappa shape index (κ1) is 20.3. The SMILES string of the molecule is Cc1oc(CN(C(=O)OCC2c3ccccc3-c3ccccc32)C2CNC2)cc1C(=O)O. The topological polar surface area (TPSA) is 92.0 Å². The molecule has 7 nitrogen and oxygen atoms in total. The zero-order valence-electron chi connectivity index (χ0n) is 17.7. The first-order chi connectivity index (χ1) is 15.5. The molecule has 1 fully saturated rings. The molecule has 2 heterocycles. The molecular formula is C25H24N2O5. The fraction of sp³-hybridized carbons (Fsp3) is 0.280. The van der Waals surface area contributed by atoms with E-state index in [4.69, 9.17) is 9.15 Å². The second-order valence-electron chi connectivity index (χ2n) is 8.23. The number of nitrogens with one attached hydrogen (secondary N) is 1. The van der Waals surface area contributed by atoms with Crippen molar-refractivity contribution in [1.29, 1.82) is 0 Å². The Balaban J connectivity index is 1.34. The molecule has 1 aliphatic heterocycles. The van der Waals surface area contributed by atoms with Crippen LogP contribution in [0.1, 0.15) is 38.9 Å². The second kappa shape index (κ2) is 8.16. The highest BCUT2D eigenvalue weighted by Crippen LogP contribution is 2.44. The van der Waals surface area contributed by atoms with Crippen LogP contribution in [0, 0.1) is 6.92 Å². The van der Waals surface area contributed by atoms with Gasteiger partial charge in [-0.3, -0.25) is 4.90 Å². The van der Waals surface area contributed by atoms with Crippen molar-refractivity contribution < 1.29 is 23.8 Å². The molecule has 0 spiro atoms. The number of hydrogen-bond donors (Lipinski definition) is 2. The van der Waals surface area contributed by atoms with Crippen LogP contribution < -0.4 is 5.32 Å². The molecule has 0 saturated carbocycles. The summed E-state index contributed by atoms with van der Waals surface area (Å²) in [6.07, 6.45) is -0.427. The normalized spacial score (nSPS) is 15.0. The smallest absolute Gasteiger partial charge is 0.410 e. The van der Waals surface area contributed by atoms with Crippen molar-refractivity contribution in [3.05, 3.63) is 82.8 Å². The van der Waals surface area contributed by atoms with E-state index in [0.29, 0.717) is 24.6 Å². The van der Waals surface area contributed by atoms with E-state index in [1.54, 1.807) is 11.8 Å². The van der Waals surface area contributed by atoms with Crippen molar-refractivity contribution >= 4 is 12.1 Å². The average molecular weight is 432 g/mol. The summed E-state index contributed by atoms with van der Waals surface area (Å²) in [6.45, 7) is 3.33. The zero-order chi connectivity index (χ0) is 22.2. The number of ether oxygens (including phenoxy) is 1. The highest BCUT2D eigenvalue weighted by Gasteiger charge is 2.33. The monoisotopic (exact) mass is 432 g/mol. The van der Waals surface area contributed by atoms with Gasteiger partial charge in [0.25, 0.3) is 0 Å². The Labute approximate surface area is 185 Å². The summed E-state index contributed by atoms with van der Waals surface area (Å²) in [5.41, 5.74) is 4.78. The fourth-order valence-corrected chi connectivity index (χ4v) is 4.52. The maximum Gasteiger partial charge on any atom is 0.410 e. The van der Waals surface area contributed by atoms with E-state index in [1.165, 1.54) is 17.2 Å².